The van der Waals surface area contributed by atoms with Crippen LogP contribution in [0.5, 0.6) is 0 Å². The molecule has 2 N–H and O–H groups in total. The molecule has 1 amide bonds. The number of carbonyl (C=O) groups is 1. The number of benzene rings is 1. The van der Waals surface area contributed by atoms with Crippen LogP contribution in [0.1, 0.15) is 56.9 Å². The van der Waals surface area contributed by atoms with Gasteiger partial charge < -0.3 is 10.4 Å². The monoisotopic (exact) mass is 275 g/mol. The molecule has 1 fully saturated rings. The summed E-state index contributed by atoms with van der Waals surface area (Å²) in [5.41, 5.74) is 1.42. The molecule has 2 rings (SSSR count). The fourth-order valence-electron chi connectivity index (χ4n) is 2.94. The van der Waals surface area contributed by atoms with Crippen LogP contribution < -0.4 is 5.32 Å². The predicted molar refractivity (Wildman–Crippen MR) is 80.5 cm³/mol. The van der Waals surface area contributed by atoms with Crippen LogP contribution in [0.15, 0.2) is 30.3 Å². The summed E-state index contributed by atoms with van der Waals surface area (Å²) >= 11 is 0. The molecule has 110 valence electrons. The van der Waals surface area contributed by atoms with Gasteiger partial charge >= 0.3 is 0 Å². The molecule has 0 spiro atoms. The van der Waals surface area contributed by atoms with Crippen molar-refractivity contribution in [3.05, 3.63) is 35.9 Å². The van der Waals surface area contributed by atoms with E-state index < -0.39 is 6.10 Å². The molecule has 1 saturated carbocycles. The van der Waals surface area contributed by atoms with Crippen LogP contribution in [0.25, 0.3) is 0 Å². The molecular formula is C17H25NO2. The minimum atomic E-state index is -0.394. The summed E-state index contributed by atoms with van der Waals surface area (Å²) in [6, 6.07) is 11.0. The molecule has 0 saturated heterocycles. The third kappa shape index (κ3) is 4.64. The van der Waals surface area contributed by atoms with Crippen LogP contribution in [0, 0.1) is 0 Å². The quantitative estimate of drug-likeness (QED) is 0.868. The van der Waals surface area contributed by atoms with E-state index in [-0.39, 0.29) is 5.91 Å². The lowest BCUT2D eigenvalue weighted by Crippen LogP contribution is -2.37. The Labute approximate surface area is 121 Å². The summed E-state index contributed by atoms with van der Waals surface area (Å²) in [4.78, 5) is 11.7. The molecule has 0 heterocycles. The van der Waals surface area contributed by atoms with Crippen molar-refractivity contribution in [2.75, 3.05) is 0 Å². The number of hydrogen-bond acceptors (Lipinski definition) is 2. The van der Waals surface area contributed by atoms with Crippen LogP contribution in [0.3, 0.4) is 0 Å². The fourth-order valence-corrected chi connectivity index (χ4v) is 2.94. The molecule has 3 nitrogen and oxygen atoms in total. The second-order valence-corrected chi connectivity index (χ2v) is 5.91. The maximum Gasteiger partial charge on any atom is 0.220 e. The first-order chi connectivity index (χ1) is 9.65. The Kier molecular flexibility index (Phi) is 5.60. The molecule has 0 aliphatic heterocycles. The number of nitrogens with one attached hydrogen (secondary N) is 1. The van der Waals surface area contributed by atoms with Crippen LogP contribution >= 0.6 is 0 Å². The highest BCUT2D eigenvalue weighted by molar-refractivity contribution is 5.76. The molecule has 1 aliphatic rings. The Bertz CT molecular complexity index is 408. The number of rotatable bonds is 5. The summed E-state index contributed by atoms with van der Waals surface area (Å²) in [5.74, 6) is 0.718. The van der Waals surface area contributed by atoms with Crippen molar-refractivity contribution in [1.29, 1.82) is 0 Å². The summed E-state index contributed by atoms with van der Waals surface area (Å²) in [5, 5.41) is 12.3. The van der Waals surface area contributed by atoms with Gasteiger partial charge in [-0.05, 0) is 50.5 Å². The van der Waals surface area contributed by atoms with Crippen LogP contribution in [-0.4, -0.2) is 23.2 Å². The molecule has 20 heavy (non-hydrogen) atoms. The van der Waals surface area contributed by atoms with E-state index >= 15 is 0 Å². The van der Waals surface area contributed by atoms with Gasteiger partial charge in [0.15, 0.2) is 0 Å². The standard InChI is InChI=1S/C17H25NO2/c1-13(19)7-12-17(20)18-16-10-8-15(9-11-16)14-5-3-2-4-6-14/h2-6,13,15-16,19H,7-12H2,1H3,(H,18,20). The van der Waals surface area contributed by atoms with Gasteiger partial charge in [0.05, 0.1) is 6.10 Å². The zero-order chi connectivity index (χ0) is 14.4. The summed E-state index contributed by atoms with van der Waals surface area (Å²) in [7, 11) is 0. The van der Waals surface area contributed by atoms with E-state index in [2.05, 4.69) is 35.6 Å². The average Bonchev–Trinajstić information content (AvgIpc) is 2.47. The van der Waals surface area contributed by atoms with Gasteiger partial charge in [-0.3, -0.25) is 4.79 Å². The molecule has 3 heteroatoms. The molecule has 1 unspecified atom stereocenters. The third-order valence-electron chi connectivity index (χ3n) is 4.15. The van der Waals surface area contributed by atoms with Gasteiger partial charge in [-0.1, -0.05) is 30.3 Å². The van der Waals surface area contributed by atoms with Gasteiger partial charge in [0.25, 0.3) is 0 Å². The highest BCUT2D eigenvalue weighted by Crippen LogP contribution is 2.32. The maximum absolute atomic E-state index is 11.7. The van der Waals surface area contributed by atoms with Crippen molar-refractivity contribution in [3.8, 4) is 0 Å². The molecule has 0 bridgehead atoms. The number of amides is 1. The first-order valence-electron chi connectivity index (χ1n) is 7.67. The smallest absolute Gasteiger partial charge is 0.220 e. The summed E-state index contributed by atoms with van der Waals surface area (Å²) < 4.78 is 0. The highest BCUT2D eigenvalue weighted by atomic mass is 16.3. The molecule has 0 aromatic heterocycles. The van der Waals surface area contributed by atoms with E-state index in [1.807, 2.05) is 0 Å². The minimum absolute atomic E-state index is 0.0778. The van der Waals surface area contributed by atoms with E-state index in [0.29, 0.717) is 24.8 Å². The Morgan fingerprint density at radius 1 is 1.25 bits per heavy atom. The van der Waals surface area contributed by atoms with Crippen molar-refractivity contribution < 1.29 is 9.90 Å². The Morgan fingerprint density at radius 3 is 2.50 bits per heavy atom. The maximum atomic E-state index is 11.7. The topological polar surface area (TPSA) is 49.3 Å². The first-order valence-corrected chi connectivity index (χ1v) is 7.67. The van der Waals surface area contributed by atoms with Crippen molar-refractivity contribution in [2.45, 2.75) is 63.5 Å². The van der Waals surface area contributed by atoms with Gasteiger partial charge in [0, 0.05) is 12.5 Å². The van der Waals surface area contributed by atoms with Gasteiger partial charge in [-0.15, -0.1) is 0 Å². The predicted octanol–water partition coefficient (Wildman–Crippen LogP) is 2.99. The number of carbonyl (C=O) groups excluding carboxylic acids is 1. The van der Waals surface area contributed by atoms with E-state index in [0.717, 1.165) is 25.7 Å². The SMILES string of the molecule is CC(O)CCC(=O)NC1CCC(c2ccccc2)CC1. The Morgan fingerprint density at radius 2 is 1.90 bits per heavy atom. The van der Waals surface area contributed by atoms with Gasteiger partial charge in [-0.25, -0.2) is 0 Å². The third-order valence-corrected chi connectivity index (χ3v) is 4.15. The summed E-state index contributed by atoms with van der Waals surface area (Å²) in [6.07, 6.45) is 4.98. The van der Waals surface area contributed by atoms with Gasteiger partial charge in [0.2, 0.25) is 5.91 Å². The van der Waals surface area contributed by atoms with E-state index in [1.165, 1.54) is 5.56 Å². The molecule has 1 atom stereocenters. The van der Waals surface area contributed by atoms with E-state index in [1.54, 1.807) is 6.92 Å². The highest BCUT2D eigenvalue weighted by Gasteiger charge is 2.23. The second kappa shape index (κ2) is 7.44. The molecule has 1 aromatic rings. The fraction of sp³-hybridized carbons (Fsp3) is 0.588. The largest absolute Gasteiger partial charge is 0.393 e. The summed E-state index contributed by atoms with van der Waals surface area (Å²) in [6.45, 7) is 1.72. The second-order valence-electron chi connectivity index (χ2n) is 5.91. The van der Waals surface area contributed by atoms with Crippen LogP contribution in [-0.2, 0) is 4.79 Å². The zero-order valence-corrected chi connectivity index (χ0v) is 12.2. The van der Waals surface area contributed by atoms with E-state index in [4.69, 9.17) is 0 Å². The van der Waals surface area contributed by atoms with Gasteiger partial charge in [-0.2, -0.15) is 0 Å². The van der Waals surface area contributed by atoms with Crippen molar-refractivity contribution >= 4 is 5.91 Å². The lowest BCUT2D eigenvalue weighted by atomic mass is 9.82. The normalized spacial score (nSPS) is 24.1. The number of aliphatic hydroxyl groups excluding tert-OH is 1. The lowest BCUT2D eigenvalue weighted by molar-refractivity contribution is -0.122. The average molecular weight is 275 g/mol. The molecule has 1 aliphatic carbocycles. The minimum Gasteiger partial charge on any atom is -0.393 e. The Hall–Kier alpha value is -1.35. The molecule has 0 radical (unpaired) electrons. The van der Waals surface area contributed by atoms with Crippen LogP contribution in [0.4, 0.5) is 0 Å². The zero-order valence-electron chi connectivity index (χ0n) is 12.2. The van der Waals surface area contributed by atoms with Crippen molar-refractivity contribution in [2.24, 2.45) is 0 Å². The van der Waals surface area contributed by atoms with Gasteiger partial charge in [0.1, 0.15) is 0 Å². The first kappa shape index (κ1) is 15.0. The van der Waals surface area contributed by atoms with E-state index in [9.17, 15) is 9.90 Å². The number of aliphatic hydroxyl groups is 1. The van der Waals surface area contributed by atoms with Crippen molar-refractivity contribution in [3.63, 3.8) is 0 Å². The number of hydrogen-bond donors (Lipinski definition) is 2. The molecule has 1 aromatic carbocycles. The molecular weight excluding hydrogens is 250 g/mol. The lowest BCUT2D eigenvalue weighted by Gasteiger charge is -2.29. The Balaban J connectivity index is 1.73. The van der Waals surface area contributed by atoms with Crippen LogP contribution in [0.2, 0.25) is 0 Å². The van der Waals surface area contributed by atoms with Crippen molar-refractivity contribution in [1.82, 2.24) is 5.32 Å².